The molecule has 0 saturated heterocycles. The van der Waals surface area contributed by atoms with Crippen molar-refractivity contribution >= 4 is 21.6 Å². The molecule has 0 spiro atoms. The lowest BCUT2D eigenvalue weighted by atomic mass is 10.3. The third kappa shape index (κ3) is 5.88. The van der Waals surface area contributed by atoms with Crippen molar-refractivity contribution in [3.8, 4) is 0 Å². The van der Waals surface area contributed by atoms with Crippen LogP contribution in [0, 0.1) is 0 Å². The van der Waals surface area contributed by atoms with E-state index in [1.807, 2.05) is 6.92 Å². The van der Waals surface area contributed by atoms with Gasteiger partial charge in [0.2, 0.25) is 0 Å². The van der Waals surface area contributed by atoms with E-state index in [9.17, 15) is 8.42 Å². The first kappa shape index (κ1) is 14.3. The highest BCUT2D eigenvalue weighted by molar-refractivity contribution is 8.00. The molecule has 0 rings (SSSR count). The van der Waals surface area contributed by atoms with Gasteiger partial charge in [-0.25, -0.2) is 8.42 Å². The van der Waals surface area contributed by atoms with Crippen LogP contribution < -0.4 is 5.73 Å². The van der Waals surface area contributed by atoms with E-state index in [0.717, 1.165) is 12.2 Å². The van der Waals surface area contributed by atoms with Gasteiger partial charge in [0.15, 0.2) is 9.84 Å². The van der Waals surface area contributed by atoms with E-state index in [1.165, 1.54) is 0 Å². The molecular formula is C9H21NO2S2. The van der Waals surface area contributed by atoms with Gasteiger partial charge in [-0.1, -0.05) is 6.92 Å². The monoisotopic (exact) mass is 239 g/mol. The van der Waals surface area contributed by atoms with Gasteiger partial charge in [0.25, 0.3) is 0 Å². The van der Waals surface area contributed by atoms with E-state index >= 15 is 0 Å². The van der Waals surface area contributed by atoms with Gasteiger partial charge in [0, 0.05) is 17.5 Å². The normalized spacial score (nSPS) is 14.6. The molecule has 0 amide bonds. The van der Waals surface area contributed by atoms with Crippen LogP contribution in [0.2, 0.25) is 0 Å². The van der Waals surface area contributed by atoms with Crippen LogP contribution in [-0.2, 0) is 9.84 Å². The third-order valence-corrected chi connectivity index (χ3v) is 5.71. The van der Waals surface area contributed by atoms with Crippen LogP contribution in [-0.4, -0.2) is 37.0 Å². The molecule has 0 aromatic heterocycles. The summed E-state index contributed by atoms with van der Waals surface area (Å²) >= 11 is 1.63. The minimum atomic E-state index is -2.86. The summed E-state index contributed by atoms with van der Waals surface area (Å²) in [5.74, 6) is 1.78. The van der Waals surface area contributed by atoms with Crippen LogP contribution in [0.4, 0.5) is 0 Å². The van der Waals surface area contributed by atoms with E-state index < -0.39 is 9.84 Å². The lowest BCUT2D eigenvalue weighted by molar-refractivity contribution is 0.589. The average molecular weight is 239 g/mol. The summed E-state index contributed by atoms with van der Waals surface area (Å²) in [5.41, 5.74) is 5.71. The highest BCUT2D eigenvalue weighted by Gasteiger charge is 2.15. The Hall–Kier alpha value is 0.260. The molecule has 0 aliphatic heterocycles. The van der Waals surface area contributed by atoms with Crippen molar-refractivity contribution in [1.29, 1.82) is 0 Å². The second kappa shape index (κ2) is 6.69. The van der Waals surface area contributed by atoms with E-state index in [-0.39, 0.29) is 17.0 Å². The van der Waals surface area contributed by atoms with Crippen molar-refractivity contribution in [2.24, 2.45) is 5.73 Å². The average Bonchev–Trinajstić information content (AvgIpc) is 2.11. The SMILES string of the molecule is CCC(N)CSCCS(=O)(=O)C(C)C. The molecule has 0 aliphatic rings. The van der Waals surface area contributed by atoms with Crippen molar-refractivity contribution in [3.63, 3.8) is 0 Å². The molecule has 0 radical (unpaired) electrons. The van der Waals surface area contributed by atoms with Crippen LogP contribution in [0.25, 0.3) is 0 Å². The Bertz CT molecular complexity index is 237. The Labute approximate surface area is 91.7 Å². The van der Waals surface area contributed by atoms with E-state index in [0.29, 0.717) is 5.75 Å². The van der Waals surface area contributed by atoms with E-state index in [4.69, 9.17) is 5.73 Å². The molecule has 5 heteroatoms. The molecule has 1 unspecified atom stereocenters. The molecule has 3 nitrogen and oxygen atoms in total. The maximum absolute atomic E-state index is 11.4. The van der Waals surface area contributed by atoms with Gasteiger partial charge in [-0.15, -0.1) is 0 Å². The topological polar surface area (TPSA) is 60.2 Å². The second-order valence-corrected chi connectivity index (χ2v) is 7.49. The third-order valence-electron chi connectivity index (χ3n) is 2.09. The number of sulfone groups is 1. The molecular weight excluding hydrogens is 218 g/mol. The molecule has 0 saturated carbocycles. The fourth-order valence-electron chi connectivity index (χ4n) is 0.763. The predicted octanol–water partition coefficient (Wildman–Crippen LogP) is 1.28. The van der Waals surface area contributed by atoms with Crippen LogP contribution >= 0.6 is 11.8 Å². The zero-order valence-electron chi connectivity index (χ0n) is 9.19. The molecule has 14 heavy (non-hydrogen) atoms. The van der Waals surface area contributed by atoms with Crippen molar-refractivity contribution in [2.75, 3.05) is 17.3 Å². The Kier molecular flexibility index (Phi) is 6.81. The summed E-state index contributed by atoms with van der Waals surface area (Å²) in [4.78, 5) is 0. The molecule has 0 aliphatic carbocycles. The summed E-state index contributed by atoms with van der Waals surface area (Å²) < 4.78 is 22.8. The van der Waals surface area contributed by atoms with Gasteiger partial charge in [-0.3, -0.25) is 0 Å². The summed E-state index contributed by atoms with van der Waals surface area (Å²) in [7, 11) is -2.86. The van der Waals surface area contributed by atoms with Gasteiger partial charge >= 0.3 is 0 Å². The number of thioether (sulfide) groups is 1. The van der Waals surface area contributed by atoms with Crippen LogP contribution in [0.5, 0.6) is 0 Å². The van der Waals surface area contributed by atoms with Crippen LogP contribution in [0.1, 0.15) is 27.2 Å². The Balaban J connectivity index is 3.65. The van der Waals surface area contributed by atoms with Gasteiger partial charge in [0.05, 0.1) is 11.0 Å². The highest BCUT2D eigenvalue weighted by atomic mass is 32.2. The van der Waals surface area contributed by atoms with Crippen molar-refractivity contribution in [3.05, 3.63) is 0 Å². The molecule has 0 aromatic rings. The van der Waals surface area contributed by atoms with E-state index in [1.54, 1.807) is 25.6 Å². The van der Waals surface area contributed by atoms with Crippen LogP contribution in [0.3, 0.4) is 0 Å². The Morgan fingerprint density at radius 2 is 1.93 bits per heavy atom. The summed E-state index contributed by atoms with van der Waals surface area (Å²) in [5, 5.41) is -0.261. The van der Waals surface area contributed by atoms with E-state index in [2.05, 4.69) is 0 Å². The molecule has 86 valence electrons. The second-order valence-electron chi connectivity index (χ2n) is 3.66. The zero-order chi connectivity index (χ0) is 11.2. The molecule has 0 aromatic carbocycles. The van der Waals surface area contributed by atoms with Crippen LogP contribution in [0.15, 0.2) is 0 Å². The molecule has 0 bridgehead atoms. The minimum absolute atomic E-state index is 0.196. The number of rotatable bonds is 7. The minimum Gasteiger partial charge on any atom is -0.327 e. The quantitative estimate of drug-likeness (QED) is 0.680. The first-order chi connectivity index (χ1) is 6.40. The molecule has 0 fully saturated rings. The number of hydrogen-bond acceptors (Lipinski definition) is 4. The van der Waals surface area contributed by atoms with Crippen molar-refractivity contribution in [2.45, 2.75) is 38.5 Å². The molecule has 2 N–H and O–H groups in total. The largest absolute Gasteiger partial charge is 0.327 e. The number of hydrogen-bond donors (Lipinski definition) is 1. The van der Waals surface area contributed by atoms with Crippen molar-refractivity contribution in [1.82, 2.24) is 0 Å². The Morgan fingerprint density at radius 1 is 1.36 bits per heavy atom. The standard InChI is InChI=1S/C9H21NO2S2/c1-4-9(10)7-13-5-6-14(11,12)8(2)3/h8-9H,4-7,10H2,1-3H3. The fraction of sp³-hybridized carbons (Fsp3) is 1.00. The fourth-order valence-corrected chi connectivity index (χ4v) is 3.34. The van der Waals surface area contributed by atoms with Gasteiger partial charge in [-0.05, 0) is 20.3 Å². The molecule has 1 atom stereocenters. The molecule has 0 heterocycles. The predicted molar refractivity (Wildman–Crippen MR) is 64.5 cm³/mol. The first-order valence-electron chi connectivity index (χ1n) is 4.95. The maximum atomic E-state index is 11.4. The Morgan fingerprint density at radius 3 is 2.36 bits per heavy atom. The maximum Gasteiger partial charge on any atom is 0.153 e. The number of nitrogens with two attached hydrogens (primary N) is 1. The summed E-state index contributed by atoms with van der Waals surface area (Å²) in [6.07, 6.45) is 0.948. The zero-order valence-corrected chi connectivity index (χ0v) is 10.8. The first-order valence-corrected chi connectivity index (χ1v) is 7.82. The van der Waals surface area contributed by atoms with Gasteiger partial charge in [0.1, 0.15) is 0 Å². The lowest BCUT2D eigenvalue weighted by Gasteiger charge is -2.09. The van der Waals surface area contributed by atoms with Gasteiger partial charge < -0.3 is 5.73 Å². The smallest absolute Gasteiger partial charge is 0.153 e. The highest BCUT2D eigenvalue weighted by Crippen LogP contribution is 2.08. The van der Waals surface area contributed by atoms with Crippen molar-refractivity contribution < 1.29 is 8.42 Å². The summed E-state index contributed by atoms with van der Waals surface area (Å²) in [6, 6.07) is 0.196. The summed E-state index contributed by atoms with van der Waals surface area (Å²) in [6.45, 7) is 5.48. The van der Waals surface area contributed by atoms with Gasteiger partial charge in [-0.2, -0.15) is 11.8 Å². The lowest BCUT2D eigenvalue weighted by Crippen LogP contribution is -2.23.